The first-order valence-electron chi connectivity index (χ1n) is 4.41. The van der Waals surface area contributed by atoms with Crippen molar-refractivity contribution in [3.63, 3.8) is 0 Å². The number of para-hydroxylation sites is 1. The second kappa shape index (κ2) is 5.24. The molecule has 1 aromatic carbocycles. The molecule has 14 heavy (non-hydrogen) atoms. The minimum Gasteiger partial charge on any atom is -0.465 e. The van der Waals surface area contributed by atoms with E-state index in [4.69, 9.17) is 5.73 Å². The molecule has 0 heterocycles. The Bertz CT molecular complexity index is 313. The molecule has 1 rings (SSSR count). The summed E-state index contributed by atoms with van der Waals surface area (Å²) in [6, 6.07) is 7.18. The second-order valence-electron chi connectivity index (χ2n) is 2.75. The molecule has 0 fully saturated rings. The average Bonchev–Trinajstić information content (AvgIpc) is 2.25. The highest BCUT2D eigenvalue weighted by Gasteiger charge is 2.09. The van der Waals surface area contributed by atoms with Crippen LogP contribution in [0.25, 0.3) is 0 Å². The van der Waals surface area contributed by atoms with Crippen molar-refractivity contribution in [3.8, 4) is 0 Å². The third-order valence-electron chi connectivity index (χ3n) is 1.79. The molecule has 76 valence electrons. The molecule has 4 nitrogen and oxygen atoms in total. The lowest BCUT2D eigenvalue weighted by molar-refractivity contribution is 0.0602. The topological polar surface area (TPSA) is 64.3 Å². The van der Waals surface area contributed by atoms with Crippen molar-refractivity contribution in [3.05, 3.63) is 29.8 Å². The van der Waals surface area contributed by atoms with Crippen molar-refractivity contribution in [1.82, 2.24) is 0 Å². The van der Waals surface area contributed by atoms with Gasteiger partial charge >= 0.3 is 5.97 Å². The first kappa shape index (κ1) is 10.5. The van der Waals surface area contributed by atoms with Gasteiger partial charge in [-0.15, -0.1) is 0 Å². The van der Waals surface area contributed by atoms with Crippen LogP contribution in [0.3, 0.4) is 0 Å². The zero-order chi connectivity index (χ0) is 10.4. The molecule has 0 aliphatic rings. The van der Waals surface area contributed by atoms with Crippen LogP contribution in [0.5, 0.6) is 0 Å². The van der Waals surface area contributed by atoms with Gasteiger partial charge in [0.25, 0.3) is 0 Å². The summed E-state index contributed by atoms with van der Waals surface area (Å²) in [5, 5.41) is 3.05. The number of hydrogen-bond donors (Lipinski definition) is 2. The highest BCUT2D eigenvalue weighted by atomic mass is 16.5. The molecule has 1 aromatic rings. The minimum atomic E-state index is -0.342. The molecule has 0 radical (unpaired) electrons. The van der Waals surface area contributed by atoms with Crippen LogP contribution in [0.15, 0.2) is 24.3 Å². The predicted molar refractivity (Wildman–Crippen MR) is 55.3 cm³/mol. The Morgan fingerprint density at radius 2 is 2.21 bits per heavy atom. The van der Waals surface area contributed by atoms with E-state index in [1.807, 2.05) is 12.1 Å². The summed E-state index contributed by atoms with van der Waals surface area (Å²) in [6.45, 7) is 1.16. The molecule has 0 spiro atoms. The number of carbonyl (C=O) groups is 1. The molecule has 0 amide bonds. The lowest BCUT2D eigenvalue weighted by atomic mass is 10.2. The normalized spacial score (nSPS) is 9.57. The molecule has 0 saturated heterocycles. The fraction of sp³-hybridized carbons (Fsp3) is 0.300. The Labute approximate surface area is 83.1 Å². The number of ether oxygens (including phenoxy) is 1. The fourth-order valence-corrected chi connectivity index (χ4v) is 1.13. The van der Waals surface area contributed by atoms with Gasteiger partial charge in [-0.2, -0.15) is 0 Å². The van der Waals surface area contributed by atoms with Gasteiger partial charge in [0, 0.05) is 18.8 Å². The van der Waals surface area contributed by atoms with Gasteiger partial charge < -0.3 is 15.8 Å². The first-order chi connectivity index (χ1) is 6.79. The molecule has 0 saturated carbocycles. The van der Waals surface area contributed by atoms with Crippen LogP contribution in [0.1, 0.15) is 10.4 Å². The van der Waals surface area contributed by atoms with E-state index in [-0.39, 0.29) is 5.97 Å². The highest BCUT2D eigenvalue weighted by Crippen LogP contribution is 2.15. The van der Waals surface area contributed by atoms with E-state index in [1.54, 1.807) is 12.1 Å². The molecule has 3 N–H and O–H groups in total. The standard InChI is InChI=1S/C10H14N2O2/c1-14-10(13)8-4-2-3-5-9(8)12-7-6-11/h2-5,12H,6-7,11H2,1H3. The molecule has 0 atom stereocenters. The summed E-state index contributed by atoms with van der Waals surface area (Å²) in [6.07, 6.45) is 0. The van der Waals surface area contributed by atoms with Gasteiger partial charge in [0.1, 0.15) is 0 Å². The third-order valence-corrected chi connectivity index (χ3v) is 1.79. The number of esters is 1. The van der Waals surface area contributed by atoms with Gasteiger partial charge in [-0.1, -0.05) is 12.1 Å². The van der Waals surface area contributed by atoms with Crippen molar-refractivity contribution in [1.29, 1.82) is 0 Å². The van der Waals surface area contributed by atoms with Crippen molar-refractivity contribution in [2.45, 2.75) is 0 Å². The summed E-state index contributed by atoms with van der Waals surface area (Å²) >= 11 is 0. The van der Waals surface area contributed by atoms with Gasteiger partial charge in [0.05, 0.1) is 12.7 Å². The Hall–Kier alpha value is -1.55. The van der Waals surface area contributed by atoms with Crippen LogP contribution in [0.2, 0.25) is 0 Å². The second-order valence-corrected chi connectivity index (χ2v) is 2.75. The molecule has 0 aliphatic heterocycles. The largest absolute Gasteiger partial charge is 0.465 e. The molecule has 0 unspecified atom stereocenters. The molecule has 0 aromatic heterocycles. The molecular weight excluding hydrogens is 180 g/mol. The van der Waals surface area contributed by atoms with Gasteiger partial charge in [-0.05, 0) is 12.1 Å². The lowest BCUT2D eigenvalue weighted by Gasteiger charge is -2.08. The van der Waals surface area contributed by atoms with E-state index >= 15 is 0 Å². The van der Waals surface area contributed by atoms with Crippen LogP contribution < -0.4 is 11.1 Å². The van der Waals surface area contributed by atoms with Crippen LogP contribution in [-0.2, 0) is 4.74 Å². The maximum Gasteiger partial charge on any atom is 0.339 e. The number of carbonyl (C=O) groups excluding carboxylic acids is 1. The van der Waals surface area contributed by atoms with Crippen molar-refractivity contribution < 1.29 is 9.53 Å². The summed E-state index contributed by atoms with van der Waals surface area (Å²) in [5.41, 5.74) is 6.64. The van der Waals surface area contributed by atoms with E-state index in [1.165, 1.54) is 7.11 Å². The van der Waals surface area contributed by atoms with Crippen LogP contribution in [-0.4, -0.2) is 26.2 Å². The van der Waals surface area contributed by atoms with Gasteiger partial charge in [0.15, 0.2) is 0 Å². The number of nitrogens with two attached hydrogens (primary N) is 1. The van der Waals surface area contributed by atoms with Crippen molar-refractivity contribution in [2.24, 2.45) is 5.73 Å². The molecule has 0 aliphatic carbocycles. The number of rotatable bonds is 4. The maximum absolute atomic E-state index is 11.3. The number of anilines is 1. The predicted octanol–water partition coefficient (Wildman–Crippen LogP) is 0.844. The summed E-state index contributed by atoms with van der Waals surface area (Å²) in [7, 11) is 1.36. The Balaban J connectivity index is 2.85. The Kier molecular flexibility index (Phi) is 3.94. The van der Waals surface area contributed by atoms with E-state index in [2.05, 4.69) is 10.1 Å². The number of hydrogen-bond acceptors (Lipinski definition) is 4. The summed E-state index contributed by atoms with van der Waals surface area (Å²) in [5.74, 6) is -0.342. The fourth-order valence-electron chi connectivity index (χ4n) is 1.13. The van der Waals surface area contributed by atoms with E-state index in [9.17, 15) is 4.79 Å². The first-order valence-corrected chi connectivity index (χ1v) is 4.41. The maximum atomic E-state index is 11.3. The average molecular weight is 194 g/mol. The SMILES string of the molecule is COC(=O)c1ccccc1NCCN. The molecule has 0 bridgehead atoms. The monoisotopic (exact) mass is 194 g/mol. The van der Waals surface area contributed by atoms with Gasteiger partial charge in [0.2, 0.25) is 0 Å². The molecular formula is C10H14N2O2. The van der Waals surface area contributed by atoms with Crippen LogP contribution in [0.4, 0.5) is 5.69 Å². The zero-order valence-corrected chi connectivity index (χ0v) is 8.12. The van der Waals surface area contributed by atoms with Crippen molar-refractivity contribution >= 4 is 11.7 Å². The van der Waals surface area contributed by atoms with Crippen LogP contribution in [0, 0.1) is 0 Å². The highest BCUT2D eigenvalue weighted by molar-refractivity contribution is 5.95. The van der Waals surface area contributed by atoms with Gasteiger partial charge in [-0.3, -0.25) is 0 Å². The third kappa shape index (κ3) is 2.47. The Morgan fingerprint density at radius 1 is 1.50 bits per heavy atom. The van der Waals surface area contributed by atoms with E-state index < -0.39 is 0 Å². The van der Waals surface area contributed by atoms with Crippen LogP contribution >= 0.6 is 0 Å². The summed E-state index contributed by atoms with van der Waals surface area (Å²) in [4.78, 5) is 11.3. The Morgan fingerprint density at radius 3 is 2.86 bits per heavy atom. The summed E-state index contributed by atoms with van der Waals surface area (Å²) < 4.78 is 4.65. The van der Waals surface area contributed by atoms with Crippen molar-refractivity contribution in [2.75, 3.05) is 25.5 Å². The van der Waals surface area contributed by atoms with E-state index in [0.29, 0.717) is 18.7 Å². The van der Waals surface area contributed by atoms with E-state index in [0.717, 1.165) is 5.69 Å². The van der Waals surface area contributed by atoms with Gasteiger partial charge in [-0.25, -0.2) is 4.79 Å². The molecule has 4 heteroatoms. The number of nitrogens with one attached hydrogen (secondary N) is 1. The number of benzene rings is 1. The minimum absolute atomic E-state index is 0.342. The quantitative estimate of drug-likeness (QED) is 0.697. The lowest BCUT2D eigenvalue weighted by Crippen LogP contribution is -2.15. The zero-order valence-electron chi connectivity index (χ0n) is 8.12. The smallest absolute Gasteiger partial charge is 0.339 e. The number of methoxy groups -OCH3 is 1.